The number of nitrogens with zero attached hydrogens (tertiary/aromatic N) is 2. The van der Waals surface area contributed by atoms with Crippen LogP contribution >= 0.6 is 22.7 Å². The van der Waals surface area contributed by atoms with Gasteiger partial charge in [0.1, 0.15) is 16.9 Å². The molecule has 0 unspecified atom stereocenters. The highest BCUT2D eigenvalue weighted by atomic mass is 32.1. The van der Waals surface area contributed by atoms with Crippen molar-refractivity contribution >= 4 is 34.3 Å². The van der Waals surface area contributed by atoms with Gasteiger partial charge in [-0.05, 0) is 49.4 Å². The summed E-state index contributed by atoms with van der Waals surface area (Å²) < 4.78 is 13.0. The number of hydrogen-bond donors (Lipinski definition) is 0. The molecule has 2 heterocycles. The highest BCUT2D eigenvalue weighted by molar-refractivity contribution is 7.13. The van der Waals surface area contributed by atoms with Crippen LogP contribution in [0.4, 0.5) is 4.39 Å². The Balaban J connectivity index is 1.93. The number of allylic oxidation sites excluding steroid dienone is 1. The molecule has 3 rings (SSSR count). The van der Waals surface area contributed by atoms with Crippen LogP contribution in [0, 0.1) is 24.1 Å². The van der Waals surface area contributed by atoms with E-state index in [4.69, 9.17) is 0 Å². The molecule has 0 fully saturated rings. The molecule has 1 aromatic carbocycles. The summed E-state index contributed by atoms with van der Waals surface area (Å²) in [5, 5.41) is 11.9. The predicted octanol–water partition coefficient (Wildman–Crippen LogP) is 5.38. The third-order valence-corrected chi connectivity index (χ3v) is 4.87. The zero-order valence-electron chi connectivity index (χ0n) is 11.7. The average molecular weight is 326 g/mol. The second-order valence-corrected chi connectivity index (χ2v) is 6.84. The van der Waals surface area contributed by atoms with Crippen LogP contribution in [0.2, 0.25) is 0 Å². The molecule has 3 aromatic rings. The summed E-state index contributed by atoms with van der Waals surface area (Å²) in [6.45, 7) is 2.03. The van der Waals surface area contributed by atoms with E-state index in [1.165, 1.54) is 28.3 Å². The first-order chi connectivity index (χ1) is 10.7. The Hall–Kier alpha value is -2.29. The van der Waals surface area contributed by atoms with Gasteiger partial charge in [0.25, 0.3) is 0 Å². The van der Waals surface area contributed by atoms with Crippen LogP contribution in [0.1, 0.15) is 14.8 Å². The third kappa shape index (κ3) is 3.14. The number of rotatable bonds is 3. The second kappa shape index (κ2) is 6.22. The molecule has 0 spiro atoms. The first kappa shape index (κ1) is 14.6. The third-order valence-electron chi connectivity index (χ3n) is 3.04. The quantitative estimate of drug-likeness (QED) is 0.606. The van der Waals surface area contributed by atoms with Crippen molar-refractivity contribution in [2.75, 3.05) is 0 Å². The summed E-state index contributed by atoms with van der Waals surface area (Å²) in [6.07, 6.45) is 1.85. The fourth-order valence-corrected chi connectivity index (χ4v) is 3.58. The molecule has 22 heavy (non-hydrogen) atoms. The molecule has 0 saturated heterocycles. The number of nitriles is 1. The Morgan fingerprint density at radius 1 is 1.23 bits per heavy atom. The zero-order valence-corrected chi connectivity index (χ0v) is 13.3. The maximum atomic E-state index is 13.0. The first-order valence-electron chi connectivity index (χ1n) is 6.56. The number of benzene rings is 1. The lowest BCUT2D eigenvalue weighted by molar-refractivity contribution is 0.628. The van der Waals surface area contributed by atoms with Gasteiger partial charge in [-0.1, -0.05) is 0 Å². The van der Waals surface area contributed by atoms with Crippen molar-refractivity contribution in [3.8, 4) is 17.3 Å². The summed E-state index contributed by atoms with van der Waals surface area (Å²) >= 11 is 3.05. The maximum Gasteiger partial charge on any atom is 0.134 e. The molecule has 0 aliphatic rings. The Morgan fingerprint density at radius 3 is 2.64 bits per heavy atom. The number of aromatic nitrogens is 1. The van der Waals surface area contributed by atoms with Gasteiger partial charge in [-0.15, -0.1) is 22.7 Å². The monoisotopic (exact) mass is 326 g/mol. The van der Waals surface area contributed by atoms with Gasteiger partial charge in [-0.25, -0.2) is 9.37 Å². The molecule has 0 saturated carbocycles. The van der Waals surface area contributed by atoms with Crippen molar-refractivity contribution in [1.82, 2.24) is 4.98 Å². The normalized spacial score (nSPS) is 11.4. The Kier molecular flexibility index (Phi) is 4.14. The van der Waals surface area contributed by atoms with Crippen LogP contribution in [-0.4, -0.2) is 4.98 Å². The largest absolute Gasteiger partial charge is 0.235 e. The van der Waals surface area contributed by atoms with Crippen molar-refractivity contribution in [3.63, 3.8) is 0 Å². The van der Waals surface area contributed by atoms with E-state index in [0.717, 1.165) is 16.1 Å². The molecule has 0 atom stereocenters. The maximum absolute atomic E-state index is 13.0. The van der Waals surface area contributed by atoms with E-state index in [1.807, 2.05) is 30.5 Å². The van der Waals surface area contributed by atoms with E-state index < -0.39 is 0 Å². The van der Waals surface area contributed by atoms with E-state index in [9.17, 15) is 9.65 Å². The lowest BCUT2D eigenvalue weighted by atomic mass is 10.2. The molecule has 0 aliphatic heterocycles. The van der Waals surface area contributed by atoms with Crippen LogP contribution < -0.4 is 0 Å². The molecule has 0 radical (unpaired) electrons. The zero-order chi connectivity index (χ0) is 15.5. The van der Waals surface area contributed by atoms with Crippen molar-refractivity contribution in [3.05, 3.63) is 62.4 Å². The lowest BCUT2D eigenvalue weighted by Gasteiger charge is -1.96. The van der Waals surface area contributed by atoms with E-state index in [-0.39, 0.29) is 5.82 Å². The minimum Gasteiger partial charge on any atom is -0.235 e. The van der Waals surface area contributed by atoms with Gasteiger partial charge < -0.3 is 0 Å². The standard InChI is InChI=1S/C17H11FN2S2/c1-11-2-7-15(22-11)8-13(9-19)17-20-16(10-21-17)12-3-5-14(18)6-4-12/h2-8,10H,1H3/b13-8+. The molecule has 2 nitrogen and oxygen atoms in total. The highest BCUT2D eigenvalue weighted by Gasteiger charge is 2.09. The van der Waals surface area contributed by atoms with Gasteiger partial charge in [-0.2, -0.15) is 5.26 Å². The lowest BCUT2D eigenvalue weighted by Crippen LogP contribution is -1.82. The van der Waals surface area contributed by atoms with Crippen LogP contribution in [-0.2, 0) is 0 Å². The fourth-order valence-electron chi connectivity index (χ4n) is 1.97. The second-order valence-electron chi connectivity index (χ2n) is 4.66. The predicted molar refractivity (Wildman–Crippen MR) is 90.0 cm³/mol. The number of hydrogen-bond acceptors (Lipinski definition) is 4. The topological polar surface area (TPSA) is 36.7 Å². The average Bonchev–Trinajstić information content (AvgIpc) is 3.15. The molecule has 0 amide bonds. The minimum absolute atomic E-state index is 0.273. The van der Waals surface area contributed by atoms with Crippen LogP contribution in [0.5, 0.6) is 0 Å². The van der Waals surface area contributed by atoms with Crippen molar-refractivity contribution in [1.29, 1.82) is 5.26 Å². The number of aryl methyl sites for hydroxylation is 1. The Labute approximate surface area is 135 Å². The van der Waals surface area contributed by atoms with Crippen LogP contribution in [0.25, 0.3) is 22.9 Å². The van der Waals surface area contributed by atoms with E-state index in [1.54, 1.807) is 23.5 Å². The fraction of sp³-hybridized carbons (Fsp3) is 0.0588. The number of halogens is 1. The van der Waals surface area contributed by atoms with E-state index in [0.29, 0.717) is 10.6 Å². The molecular formula is C17H11FN2S2. The number of thiazole rings is 1. The van der Waals surface area contributed by atoms with Gasteiger partial charge >= 0.3 is 0 Å². The van der Waals surface area contributed by atoms with Crippen molar-refractivity contribution in [2.24, 2.45) is 0 Å². The molecular weight excluding hydrogens is 315 g/mol. The summed E-state index contributed by atoms with van der Waals surface area (Å²) in [7, 11) is 0. The van der Waals surface area contributed by atoms with E-state index >= 15 is 0 Å². The molecule has 108 valence electrons. The Bertz CT molecular complexity index is 867. The minimum atomic E-state index is -0.273. The van der Waals surface area contributed by atoms with Crippen LogP contribution in [0.15, 0.2) is 41.8 Å². The summed E-state index contributed by atoms with van der Waals surface area (Å²) in [6, 6.07) is 12.4. The van der Waals surface area contributed by atoms with Gasteiger partial charge in [0.2, 0.25) is 0 Å². The Morgan fingerprint density at radius 2 is 2.00 bits per heavy atom. The molecule has 0 bridgehead atoms. The molecule has 0 N–H and O–H groups in total. The molecule has 2 aromatic heterocycles. The van der Waals surface area contributed by atoms with Crippen molar-refractivity contribution in [2.45, 2.75) is 6.92 Å². The molecule has 0 aliphatic carbocycles. The van der Waals surface area contributed by atoms with Crippen LogP contribution in [0.3, 0.4) is 0 Å². The van der Waals surface area contributed by atoms with Gasteiger partial charge in [-0.3, -0.25) is 0 Å². The summed E-state index contributed by atoms with van der Waals surface area (Å²) in [5.41, 5.74) is 2.14. The SMILES string of the molecule is Cc1ccc(/C=C(\C#N)c2nc(-c3ccc(F)cc3)cs2)s1. The van der Waals surface area contributed by atoms with Gasteiger partial charge in [0, 0.05) is 20.7 Å². The first-order valence-corrected chi connectivity index (χ1v) is 8.25. The van der Waals surface area contributed by atoms with E-state index in [2.05, 4.69) is 11.1 Å². The van der Waals surface area contributed by atoms with Crippen molar-refractivity contribution < 1.29 is 4.39 Å². The van der Waals surface area contributed by atoms with Gasteiger partial charge in [0.15, 0.2) is 0 Å². The summed E-state index contributed by atoms with van der Waals surface area (Å²) in [4.78, 5) is 6.73. The molecule has 5 heteroatoms. The number of thiophene rings is 1. The van der Waals surface area contributed by atoms with Gasteiger partial charge in [0.05, 0.1) is 11.3 Å². The smallest absolute Gasteiger partial charge is 0.134 e. The highest BCUT2D eigenvalue weighted by Crippen LogP contribution is 2.28. The summed E-state index contributed by atoms with van der Waals surface area (Å²) in [5.74, 6) is -0.273.